The molecule has 5 heterocycles. The van der Waals surface area contributed by atoms with E-state index in [0.717, 1.165) is 10.2 Å². The summed E-state index contributed by atoms with van der Waals surface area (Å²) in [5.41, 5.74) is 4.75. The molecule has 0 spiro atoms. The van der Waals surface area contributed by atoms with Crippen LogP contribution in [0, 0.1) is 0 Å². The first-order chi connectivity index (χ1) is 19.8. The largest absolute Gasteiger partial charge is 0.308 e. The van der Waals surface area contributed by atoms with Crippen molar-refractivity contribution < 1.29 is 0 Å². The normalized spacial score (nSPS) is 12.5. The molecule has 0 N–H and O–H groups in total. The summed E-state index contributed by atoms with van der Waals surface area (Å²) in [5, 5.41) is 9.07. The van der Waals surface area contributed by atoms with Crippen molar-refractivity contribution in [2.24, 2.45) is 0 Å². The second-order valence-electron chi connectivity index (χ2n) is 10.2. The lowest BCUT2D eigenvalue weighted by Crippen LogP contribution is -1.93. The Morgan fingerprint density at radius 1 is 0.550 bits per heavy atom. The van der Waals surface area contributed by atoms with Crippen molar-refractivity contribution in [3.05, 3.63) is 104 Å². The predicted octanol–water partition coefficient (Wildman–Crippen LogP) is 10.7. The van der Waals surface area contributed by atoms with E-state index in [1.165, 1.54) is 77.9 Å². The first kappa shape index (κ1) is 21.5. The minimum Gasteiger partial charge on any atom is -0.308 e. The molecule has 5 aromatic carbocycles. The van der Waals surface area contributed by atoms with Gasteiger partial charge in [-0.2, -0.15) is 0 Å². The number of hydrogen-bond acceptors (Lipinski definition) is 5. The van der Waals surface area contributed by atoms with Gasteiger partial charge in [0, 0.05) is 68.4 Å². The molecule has 3 nitrogen and oxygen atoms in total. The van der Waals surface area contributed by atoms with E-state index in [-0.39, 0.29) is 0 Å². The molecule has 0 bridgehead atoms. The van der Waals surface area contributed by atoms with E-state index in [9.17, 15) is 0 Å². The third kappa shape index (κ3) is 2.63. The molecule has 10 aromatic rings. The van der Waals surface area contributed by atoms with E-state index < -0.39 is 0 Å². The predicted molar refractivity (Wildman–Crippen MR) is 175 cm³/mol. The summed E-state index contributed by atoms with van der Waals surface area (Å²) in [6.07, 6.45) is 3.65. The van der Waals surface area contributed by atoms with Gasteiger partial charge in [0.1, 0.15) is 6.33 Å². The lowest BCUT2D eigenvalue weighted by Gasteiger charge is -2.10. The lowest BCUT2D eigenvalue weighted by atomic mass is 10.0. The van der Waals surface area contributed by atoms with Gasteiger partial charge in [-0.15, -0.1) is 34.0 Å². The van der Waals surface area contributed by atoms with Gasteiger partial charge in [0.25, 0.3) is 0 Å². The Balaban J connectivity index is 1.49. The highest BCUT2D eigenvalue weighted by atomic mass is 32.1. The van der Waals surface area contributed by atoms with Gasteiger partial charge in [0.05, 0.1) is 25.9 Å². The summed E-state index contributed by atoms with van der Waals surface area (Å²) in [7, 11) is 0. The molecule has 0 amide bonds. The molecule has 40 heavy (non-hydrogen) atoms. The number of nitrogens with zero attached hydrogens (tertiary/aromatic N) is 3. The fourth-order valence-corrected chi connectivity index (χ4v) is 10.1. The van der Waals surface area contributed by atoms with Crippen LogP contribution in [0.3, 0.4) is 0 Å². The molecule has 0 saturated carbocycles. The fraction of sp³-hybridized carbons (Fsp3) is 0. The average Bonchev–Trinajstić information content (AvgIpc) is 3.75. The van der Waals surface area contributed by atoms with Gasteiger partial charge in [-0.1, -0.05) is 54.6 Å². The van der Waals surface area contributed by atoms with Crippen LogP contribution in [0.4, 0.5) is 0 Å². The highest BCUT2D eigenvalue weighted by molar-refractivity contribution is 7.29. The van der Waals surface area contributed by atoms with Crippen LogP contribution in [0.5, 0.6) is 0 Å². The van der Waals surface area contributed by atoms with Crippen molar-refractivity contribution in [3.63, 3.8) is 0 Å². The first-order valence-electron chi connectivity index (χ1n) is 13.2. The van der Waals surface area contributed by atoms with Crippen molar-refractivity contribution >= 4 is 116 Å². The zero-order chi connectivity index (χ0) is 25.9. The summed E-state index contributed by atoms with van der Waals surface area (Å²) < 4.78 is 10.2. The van der Waals surface area contributed by atoms with Crippen LogP contribution in [0.1, 0.15) is 0 Å². The summed E-state index contributed by atoms with van der Waals surface area (Å²) in [5.74, 6) is 0. The van der Waals surface area contributed by atoms with Crippen LogP contribution in [-0.4, -0.2) is 14.5 Å². The zero-order valence-electron chi connectivity index (χ0n) is 20.9. The zero-order valence-corrected chi connectivity index (χ0v) is 23.3. The summed E-state index contributed by atoms with van der Waals surface area (Å²) in [6, 6.07) is 33.4. The number of hydrogen-bond donors (Lipinski definition) is 0. The first-order valence-corrected chi connectivity index (χ1v) is 15.6. The number of fused-ring (bicyclic) bond motifs is 15. The molecule has 0 atom stereocenters. The maximum absolute atomic E-state index is 4.81. The highest BCUT2D eigenvalue weighted by Gasteiger charge is 2.24. The molecule has 0 aliphatic rings. The summed E-state index contributed by atoms with van der Waals surface area (Å²) in [4.78, 5) is 9.19. The molecule has 0 aliphatic heterocycles. The molecule has 0 radical (unpaired) electrons. The number of benzene rings is 5. The Morgan fingerprint density at radius 2 is 1.27 bits per heavy atom. The summed E-state index contributed by atoms with van der Waals surface area (Å²) in [6.45, 7) is 0. The molecular weight excluding hydrogens is 547 g/mol. The van der Waals surface area contributed by atoms with Crippen molar-refractivity contribution in [2.45, 2.75) is 0 Å². The van der Waals surface area contributed by atoms with Crippen molar-refractivity contribution in [3.8, 4) is 5.69 Å². The molecular formula is C34H17N3S3. The third-order valence-corrected chi connectivity index (χ3v) is 11.6. The minimum absolute atomic E-state index is 1.05. The molecule has 6 heteroatoms. The molecule has 5 aromatic heterocycles. The fourth-order valence-electron chi connectivity index (χ4n) is 6.52. The molecule has 0 saturated heterocycles. The Hall–Kier alpha value is -4.36. The van der Waals surface area contributed by atoms with Crippen LogP contribution in [0.25, 0.3) is 88.1 Å². The molecule has 0 aliphatic carbocycles. The van der Waals surface area contributed by atoms with E-state index in [2.05, 4.69) is 101 Å². The Kier molecular flexibility index (Phi) is 4.10. The van der Waals surface area contributed by atoms with Crippen LogP contribution >= 0.6 is 34.0 Å². The second-order valence-corrected chi connectivity index (χ2v) is 13.4. The topological polar surface area (TPSA) is 30.7 Å². The maximum Gasteiger partial charge on any atom is 0.116 e. The number of rotatable bonds is 1. The lowest BCUT2D eigenvalue weighted by molar-refractivity contribution is 1.20. The van der Waals surface area contributed by atoms with Crippen LogP contribution in [0.2, 0.25) is 0 Å². The van der Waals surface area contributed by atoms with Crippen molar-refractivity contribution in [1.29, 1.82) is 0 Å². The minimum atomic E-state index is 1.05. The van der Waals surface area contributed by atoms with E-state index >= 15 is 0 Å². The second kappa shape index (κ2) is 7.64. The third-order valence-electron chi connectivity index (χ3n) is 8.14. The van der Waals surface area contributed by atoms with E-state index in [0.29, 0.717) is 0 Å². The number of aromatic nitrogens is 3. The Morgan fingerprint density at radius 3 is 2.17 bits per heavy atom. The van der Waals surface area contributed by atoms with E-state index in [4.69, 9.17) is 4.98 Å². The number of thiophene rings is 3. The standard InChI is InChI=1S/C34H17N3S3/c1-4-10-23-20(8-1)29-32(37(23)18-13-14-26-22(15-18)19-7-2-5-11-24(19)38-26)34-28(21-9-3-6-12-25(21)39-34)30-31-27(40-33(29)30)16-35-17-36-31/h1-17H. The van der Waals surface area contributed by atoms with Crippen LogP contribution in [0.15, 0.2) is 104 Å². The van der Waals surface area contributed by atoms with Crippen molar-refractivity contribution in [1.82, 2.24) is 14.5 Å². The molecule has 10 rings (SSSR count). The Bertz CT molecular complexity index is 2670. The number of para-hydroxylation sites is 1. The van der Waals surface area contributed by atoms with Gasteiger partial charge >= 0.3 is 0 Å². The maximum atomic E-state index is 4.81. The van der Waals surface area contributed by atoms with Gasteiger partial charge < -0.3 is 4.57 Å². The average molecular weight is 564 g/mol. The van der Waals surface area contributed by atoms with Crippen molar-refractivity contribution in [2.75, 3.05) is 0 Å². The van der Waals surface area contributed by atoms with E-state index in [1.807, 2.05) is 40.2 Å². The van der Waals surface area contributed by atoms with Gasteiger partial charge in [-0.3, -0.25) is 0 Å². The molecule has 186 valence electrons. The van der Waals surface area contributed by atoms with Crippen LogP contribution in [-0.2, 0) is 0 Å². The Labute approximate surface area is 239 Å². The SMILES string of the molecule is c1ccc2c(c1)sc1ccc(-n3c4ccccc4c4c5sc6cncnc6c5c5c6ccccc6sc5c43)cc12. The quantitative estimate of drug-likeness (QED) is 0.199. The smallest absolute Gasteiger partial charge is 0.116 e. The molecule has 0 unspecified atom stereocenters. The van der Waals surface area contributed by atoms with Gasteiger partial charge in [0.2, 0.25) is 0 Å². The van der Waals surface area contributed by atoms with Gasteiger partial charge in [-0.25, -0.2) is 9.97 Å². The monoisotopic (exact) mass is 563 g/mol. The van der Waals surface area contributed by atoms with Crippen LogP contribution < -0.4 is 0 Å². The summed E-state index contributed by atoms with van der Waals surface area (Å²) >= 11 is 5.57. The highest BCUT2D eigenvalue weighted by Crippen LogP contribution is 2.51. The molecule has 0 fully saturated rings. The van der Waals surface area contributed by atoms with Gasteiger partial charge in [0.15, 0.2) is 0 Å². The van der Waals surface area contributed by atoms with E-state index in [1.54, 1.807) is 6.33 Å². The van der Waals surface area contributed by atoms with Gasteiger partial charge in [-0.05, 0) is 36.4 Å².